The predicted octanol–water partition coefficient (Wildman–Crippen LogP) is 5.54. The van der Waals surface area contributed by atoms with Gasteiger partial charge in [0.1, 0.15) is 0 Å². The van der Waals surface area contributed by atoms with Crippen molar-refractivity contribution in [2.75, 3.05) is 6.54 Å². The smallest absolute Gasteiger partial charge is 0.243 e. The molecule has 0 aliphatic carbocycles. The summed E-state index contributed by atoms with van der Waals surface area (Å²) < 4.78 is 0. The van der Waals surface area contributed by atoms with Gasteiger partial charge >= 0.3 is 0 Å². The van der Waals surface area contributed by atoms with Gasteiger partial charge in [-0.15, -0.1) is 0 Å². The number of carbonyl (C=O) groups excluding carboxylic acids is 1. The summed E-state index contributed by atoms with van der Waals surface area (Å²) in [6.07, 6.45) is 17.3. The van der Waals surface area contributed by atoms with E-state index in [0.717, 1.165) is 12.8 Å². The highest BCUT2D eigenvalue weighted by Gasteiger charge is 1.99. The topological polar surface area (TPSA) is 69.6 Å². The van der Waals surface area contributed by atoms with Gasteiger partial charge in [0.2, 0.25) is 5.91 Å². The first-order valence-electron chi connectivity index (χ1n) is 10.1. The molecule has 0 atom stereocenters. The van der Waals surface area contributed by atoms with E-state index in [1.807, 2.05) is 0 Å². The average molecular weight is 362 g/mol. The van der Waals surface area contributed by atoms with E-state index < -0.39 is 0 Å². The van der Waals surface area contributed by atoms with Crippen LogP contribution in [-0.4, -0.2) is 22.7 Å². The summed E-state index contributed by atoms with van der Waals surface area (Å²) in [5.41, 5.74) is 0.671. The summed E-state index contributed by atoms with van der Waals surface area (Å²) in [5, 5.41) is 21.5. The molecule has 1 amide bonds. The van der Waals surface area contributed by atoms with E-state index >= 15 is 0 Å². The number of amides is 1. The van der Waals surface area contributed by atoms with Crippen LogP contribution in [0, 0.1) is 0 Å². The minimum atomic E-state index is -0.187. The van der Waals surface area contributed by atoms with Crippen molar-refractivity contribution in [3.8, 4) is 11.5 Å². The fourth-order valence-electron chi connectivity index (χ4n) is 2.88. The van der Waals surface area contributed by atoms with Crippen LogP contribution in [0.3, 0.4) is 0 Å². The Morgan fingerprint density at radius 1 is 0.885 bits per heavy atom. The van der Waals surface area contributed by atoms with Crippen molar-refractivity contribution in [1.29, 1.82) is 0 Å². The highest BCUT2D eigenvalue weighted by Crippen LogP contribution is 2.25. The molecule has 0 aromatic heterocycles. The third-order valence-corrected chi connectivity index (χ3v) is 4.51. The van der Waals surface area contributed by atoms with Gasteiger partial charge in [-0.2, -0.15) is 0 Å². The summed E-state index contributed by atoms with van der Waals surface area (Å²) in [5.74, 6) is -0.485. The first-order chi connectivity index (χ1) is 12.6. The third-order valence-electron chi connectivity index (χ3n) is 4.51. The van der Waals surface area contributed by atoms with Crippen LogP contribution >= 0.6 is 0 Å². The lowest BCUT2D eigenvalue weighted by molar-refractivity contribution is -0.116. The average Bonchev–Trinajstić information content (AvgIpc) is 2.63. The lowest BCUT2D eigenvalue weighted by Crippen LogP contribution is -2.21. The Morgan fingerprint density at radius 2 is 1.46 bits per heavy atom. The molecule has 0 spiro atoms. The Labute approximate surface area is 158 Å². The van der Waals surface area contributed by atoms with E-state index in [2.05, 4.69) is 12.2 Å². The number of nitrogens with one attached hydrogen (secondary N) is 1. The third kappa shape index (κ3) is 10.8. The molecule has 0 aliphatic rings. The van der Waals surface area contributed by atoms with E-state index in [0.29, 0.717) is 12.1 Å². The van der Waals surface area contributed by atoms with Crippen molar-refractivity contribution in [2.45, 2.75) is 77.6 Å². The van der Waals surface area contributed by atoms with Crippen LogP contribution in [0.2, 0.25) is 0 Å². The van der Waals surface area contributed by atoms with Gasteiger partial charge in [-0.1, -0.05) is 77.2 Å². The highest BCUT2D eigenvalue weighted by molar-refractivity contribution is 5.91. The molecule has 4 nitrogen and oxygen atoms in total. The lowest BCUT2D eigenvalue weighted by Gasteiger charge is -2.04. The molecule has 0 saturated heterocycles. The van der Waals surface area contributed by atoms with Crippen molar-refractivity contribution in [3.05, 3.63) is 29.8 Å². The van der Waals surface area contributed by atoms with Crippen molar-refractivity contribution in [2.24, 2.45) is 0 Å². The summed E-state index contributed by atoms with van der Waals surface area (Å²) in [6.45, 7) is 2.95. The van der Waals surface area contributed by atoms with Crippen molar-refractivity contribution < 1.29 is 15.0 Å². The van der Waals surface area contributed by atoms with E-state index in [9.17, 15) is 15.0 Å². The summed E-state index contributed by atoms with van der Waals surface area (Å²) >= 11 is 0. The number of phenolic OH excluding ortho intramolecular Hbond substituents is 2. The maximum absolute atomic E-state index is 11.7. The molecule has 26 heavy (non-hydrogen) atoms. The summed E-state index contributed by atoms with van der Waals surface area (Å²) in [7, 11) is 0. The standard InChI is InChI=1S/C22H35NO3/c1-2-3-4-5-6-7-8-9-10-11-12-17-23-22(26)16-14-19-13-15-20(24)21(25)18-19/h13-16,18,24-25H,2-12,17H2,1H3,(H,23,26). The zero-order valence-corrected chi connectivity index (χ0v) is 16.2. The van der Waals surface area contributed by atoms with Crippen LogP contribution < -0.4 is 5.32 Å². The molecule has 0 radical (unpaired) electrons. The van der Waals surface area contributed by atoms with Gasteiger partial charge in [-0.25, -0.2) is 0 Å². The van der Waals surface area contributed by atoms with Gasteiger partial charge in [0.25, 0.3) is 0 Å². The maximum atomic E-state index is 11.7. The molecule has 0 heterocycles. The van der Waals surface area contributed by atoms with Gasteiger partial charge < -0.3 is 15.5 Å². The van der Waals surface area contributed by atoms with Gasteiger partial charge in [-0.05, 0) is 30.2 Å². The molecule has 0 unspecified atom stereocenters. The van der Waals surface area contributed by atoms with Crippen molar-refractivity contribution in [3.63, 3.8) is 0 Å². The predicted molar refractivity (Wildman–Crippen MR) is 108 cm³/mol. The molecule has 0 aliphatic heterocycles. The molecule has 3 N–H and O–H groups in total. The fourth-order valence-corrected chi connectivity index (χ4v) is 2.88. The molecular weight excluding hydrogens is 326 g/mol. The minimum absolute atomic E-state index is 0.135. The Morgan fingerprint density at radius 3 is 2.04 bits per heavy atom. The van der Waals surface area contributed by atoms with Gasteiger partial charge in [0.05, 0.1) is 0 Å². The molecular formula is C22H35NO3. The van der Waals surface area contributed by atoms with Gasteiger partial charge in [-0.3, -0.25) is 4.79 Å². The van der Waals surface area contributed by atoms with Crippen LogP contribution in [0.1, 0.15) is 83.1 Å². The monoisotopic (exact) mass is 361 g/mol. The number of hydrogen-bond donors (Lipinski definition) is 3. The normalized spacial score (nSPS) is 11.1. The first-order valence-corrected chi connectivity index (χ1v) is 10.1. The molecule has 0 fully saturated rings. The Bertz CT molecular complexity index is 540. The summed E-state index contributed by atoms with van der Waals surface area (Å²) in [6, 6.07) is 4.46. The Hall–Kier alpha value is -1.97. The molecule has 0 saturated carbocycles. The van der Waals surface area contributed by atoms with Gasteiger partial charge in [0, 0.05) is 12.6 Å². The number of hydrogen-bond acceptors (Lipinski definition) is 3. The summed E-state index contributed by atoms with van der Waals surface area (Å²) in [4.78, 5) is 11.7. The quantitative estimate of drug-likeness (QED) is 0.231. The minimum Gasteiger partial charge on any atom is -0.504 e. The highest BCUT2D eigenvalue weighted by atomic mass is 16.3. The SMILES string of the molecule is CCCCCCCCCCCCCNC(=O)C=Cc1ccc(O)c(O)c1. The fraction of sp³-hybridized carbons (Fsp3) is 0.591. The zero-order chi connectivity index (χ0) is 19.0. The molecule has 1 rings (SSSR count). The van der Waals surface area contributed by atoms with Gasteiger partial charge in [0.15, 0.2) is 11.5 Å². The number of phenols is 2. The number of benzene rings is 1. The molecule has 146 valence electrons. The molecule has 0 bridgehead atoms. The Balaban J connectivity index is 1.98. The second kappa shape index (κ2) is 14.2. The van der Waals surface area contributed by atoms with Crippen LogP contribution in [0.25, 0.3) is 6.08 Å². The molecule has 1 aromatic carbocycles. The number of unbranched alkanes of at least 4 members (excludes halogenated alkanes) is 10. The van der Waals surface area contributed by atoms with E-state index in [-0.39, 0.29) is 17.4 Å². The Kier molecular flexibility index (Phi) is 12.1. The molecule has 4 heteroatoms. The van der Waals surface area contributed by atoms with Crippen LogP contribution in [0.4, 0.5) is 0 Å². The number of rotatable bonds is 14. The number of aromatic hydroxyl groups is 2. The van der Waals surface area contributed by atoms with Crippen molar-refractivity contribution in [1.82, 2.24) is 5.32 Å². The zero-order valence-electron chi connectivity index (χ0n) is 16.2. The van der Waals surface area contributed by atoms with E-state index in [1.54, 1.807) is 12.1 Å². The van der Waals surface area contributed by atoms with E-state index in [1.165, 1.54) is 76.0 Å². The second-order valence-corrected chi connectivity index (χ2v) is 6.91. The second-order valence-electron chi connectivity index (χ2n) is 6.91. The molecule has 1 aromatic rings. The van der Waals surface area contributed by atoms with Crippen LogP contribution in [-0.2, 0) is 4.79 Å². The van der Waals surface area contributed by atoms with Crippen LogP contribution in [0.5, 0.6) is 11.5 Å². The largest absolute Gasteiger partial charge is 0.504 e. The lowest BCUT2D eigenvalue weighted by atomic mass is 10.1. The first kappa shape index (κ1) is 22.1. The van der Waals surface area contributed by atoms with Crippen LogP contribution in [0.15, 0.2) is 24.3 Å². The maximum Gasteiger partial charge on any atom is 0.243 e. The van der Waals surface area contributed by atoms with E-state index in [4.69, 9.17) is 0 Å². The van der Waals surface area contributed by atoms with Crippen molar-refractivity contribution >= 4 is 12.0 Å². The number of carbonyl (C=O) groups is 1.